The van der Waals surface area contributed by atoms with Crippen molar-refractivity contribution in [2.45, 2.75) is 25.9 Å². The Balaban J connectivity index is 1.61. The summed E-state index contributed by atoms with van der Waals surface area (Å²) in [6.07, 6.45) is 3.80. The number of aryl methyl sites for hydroxylation is 1. The SMILES string of the molecule is Cc1ocnc1CN(C)C1CCN(c2ccc([N+](=O)[O-])cn2)C1. The first-order valence-electron chi connectivity index (χ1n) is 7.49. The number of aromatic nitrogens is 2. The fourth-order valence-electron chi connectivity index (χ4n) is 2.83. The van der Waals surface area contributed by atoms with E-state index in [0.717, 1.165) is 43.3 Å². The van der Waals surface area contributed by atoms with Gasteiger partial charge >= 0.3 is 0 Å². The van der Waals surface area contributed by atoms with Crippen LogP contribution >= 0.6 is 0 Å². The highest BCUT2D eigenvalue weighted by molar-refractivity contribution is 5.44. The summed E-state index contributed by atoms with van der Waals surface area (Å²) in [5.41, 5.74) is 0.975. The molecule has 2 aromatic rings. The van der Waals surface area contributed by atoms with E-state index in [1.807, 2.05) is 6.92 Å². The molecule has 1 fully saturated rings. The Morgan fingerprint density at radius 1 is 1.48 bits per heavy atom. The third kappa shape index (κ3) is 3.31. The highest BCUT2D eigenvalue weighted by Gasteiger charge is 2.27. The molecule has 0 bridgehead atoms. The smallest absolute Gasteiger partial charge is 0.287 e. The summed E-state index contributed by atoms with van der Waals surface area (Å²) in [5.74, 6) is 1.63. The molecule has 1 aliphatic heterocycles. The Morgan fingerprint density at radius 2 is 2.30 bits per heavy atom. The van der Waals surface area contributed by atoms with Crippen molar-refractivity contribution in [1.82, 2.24) is 14.9 Å². The summed E-state index contributed by atoms with van der Waals surface area (Å²) < 4.78 is 5.24. The van der Waals surface area contributed by atoms with Crippen molar-refractivity contribution in [1.29, 1.82) is 0 Å². The number of nitrogens with zero attached hydrogens (tertiary/aromatic N) is 5. The van der Waals surface area contributed by atoms with Gasteiger partial charge in [0.25, 0.3) is 5.69 Å². The largest absolute Gasteiger partial charge is 0.448 e. The number of oxazole rings is 1. The summed E-state index contributed by atoms with van der Waals surface area (Å²) >= 11 is 0. The lowest BCUT2D eigenvalue weighted by Gasteiger charge is -2.24. The maximum Gasteiger partial charge on any atom is 0.287 e. The standard InChI is InChI=1S/C15H19N5O3/c1-11-14(17-10-23-11)9-18(2)13-5-6-19(8-13)15-4-3-12(7-16-15)20(21)22/h3-4,7,10,13H,5-6,8-9H2,1-2H3. The molecule has 0 N–H and O–H groups in total. The minimum atomic E-state index is -0.433. The average Bonchev–Trinajstić information content (AvgIpc) is 3.17. The second-order valence-electron chi connectivity index (χ2n) is 5.79. The molecule has 0 radical (unpaired) electrons. The van der Waals surface area contributed by atoms with Crippen LogP contribution in [-0.4, -0.2) is 46.0 Å². The molecular weight excluding hydrogens is 298 g/mol. The third-order valence-corrected chi connectivity index (χ3v) is 4.30. The summed E-state index contributed by atoms with van der Waals surface area (Å²) in [6.45, 7) is 4.39. The number of rotatable bonds is 5. The molecule has 1 atom stereocenters. The van der Waals surface area contributed by atoms with E-state index >= 15 is 0 Å². The topological polar surface area (TPSA) is 88.5 Å². The van der Waals surface area contributed by atoms with Gasteiger partial charge in [0.2, 0.25) is 0 Å². The summed E-state index contributed by atoms with van der Waals surface area (Å²) in [7, 11) is 2.07. The molecule has 0 aromatic carbocycles. The summed E-state index contributed by atoms with van der Waals surface area (Å²) in [6, 6.07) is 3.60. The predicted octanol–water partition coefficient (Wildman–Crippen LogP) is 2.00. The molecule has 3 heterocycles. The molecule has 0 spiro atoms. The lowest BCUT2D eigenvalue weighted by atomic mass is 10.2. The number of hydrogen-bond donors (Lipinski definition) is 0. The zero-order valence-electron chi connectivity index (χ0n) is 13.2. The summed E-state index contributed by atoms with van der Waals surface area (Å²) in [5, 5.41) is 10.7. The molecular formula is C15H19N5O3. The minimum Gasteiger partial charge on any atom is -0.448 e. The van der Waals surface area contributed by atoms with Crippen molar-refractivity contribution < 1.29 is 9.34 Å². The fraction of sp³-hybridized carbons (Fsp3) is 0.467. The van der Waals surface area contributed by atoms with Gasteiger partial charge in [0.1, 0.15) is 17.8 Å². The number of hydrogen-bond acceptors (Lipinski definition) is 7. The van der Waals surface area contributed by atoms with Crippen LogP contribution in [0.4, 0.5) is 11.5 Å². The van der Waals surface area contributed by atoms with Gasteiger partial charge in [0.15, 0.2) is 6.39 Å². The van der Waals surface area contributed by atoms with Crippen LogP contribution in [-0.2, 0) is 6.54 Å². The van der Waals surface area contributed by atoms with Crippen LogP contribution in [0.25, 0.3) is 0 Å². The van der Waals surface area contributed by atoms with Gasteiger partial charge in [-0.05, 0) is 26.5 Å². The molecule has 0 amide bonds. The van der Waals surface area contributed by atoms with E-state index in [-0.39, 0.29) is 5.69 Å². The number of anilines is 1. The van der Waals surface area contributed by atoms with E-state index in [9.17, 15) is 10.1 Å². The Kier molecular flexibility index (Phi) is 4.24. The van der Waals surface area contributed by atoms with Crippen LogP contribution in [0.15, 0.2) is 29.1 Å². The van der Waals surface area contributed by atoms with Gasteiger partial charge < -0.3 is 9.32 Å². The van der Waals surface area contributed by atoms with E-state index in [0.29, 0.717) is 6.04 Å². The van der Waals surface area contributed by atoms with Gasteiger partial charge in [-0.25, -0.2) is 9.97 Å². The fourth-order valence-corrected chi connectivity index (χ4v) is 2.83. The van der Waals surface area contributed by atoms with Crippen LogP contribution in [0.2, 0.25) is 0 Å². The van der Waals surface area contributed by atoms with Crippen LogP contribution in [0.5, 0.6) is 0 Å². The van der Waals surface area contributed by atoms with E-state index in [4.69, 9.17) is 4.42 Å². The van der Waals surface area contributed by atoms with Gasteiger partial charge in [-0.15, -0.1) is 0 Å². The van der Waals surface area contributed by atoms with Crippen molar-refractivity contribution in [3.8, 4) is 0 Å². The van der Waals surface area contributed by atoms with Crippen molar-refractivity contribution in [3.05, 3.63) is 46.3 Å². The lowest BCUT2D eigenvalue weighted by molar-refractivity contribution is -0.385. The van der Waals surface area contributed by atoms with Crippen molar-refractivity contribution in [3.63, 3.8) is 0 Å². The highest BCUT2D eigenvalue weighted by Crippen LogP contribution is 2.23. The average molecular weight is 317 g/mol. The first-order chi connectivity index (χ1) is 11.0. The molecule has 122 valence electrons. The van der Waals surface area contributed by atoms with E-state index in [2.05, 4.69) is 26.8 Å². The van der Waals surface area contributed by atoms with Crippen LogP contribution in [0.1, 0.15) is 17.9 Å². The van der Waals surface area contributed by atoms with Crippen LogP contribution in [0.3, 0.4) is 0 Å². The Labute approximate surface area is 133 Å². The van der Waals surface area contributed by atoms with Crippen LogP contribution < -0.4 is 4.90 Å². The van der Waals surface area contributed by atoms with Gasteiger partial charge in [-0.1, -0.05) is 0 Å². The molecule has 1 unspecified atom stereocenters. The molecule has 8 nitrogen and oxygen atoms in total. The van der Waals surface area contributed by atoms with Crippen LogP contribution in [0, 0.1) is 17.0 Å². The second kappa shape index (κ2) is 6.33. The second-order valence-corrected chi connectivity index (χ2v) is 5.79. The quantitative estimate of drug-likeness (QED) is 0.615. The minimum absolute atomic E-state index is 0.0168. The molecule has 0 saturated carbocycles. The Morgan fingerprint density at radius 3 is 2.91 bits per heavy atom. The highest BCUT2D eigenvalue weighted by atomic mass is 16.6. The molecule has 1 saturated heterocycles. The third-order valence-electron chi connectivity index (χ3n) is 4.30. The van der Waals surface area contributed by atoms with Crippen molar-refractivity contribution in [2.24, 2.45) is 0 Å². The number of likely N-dealkylation sites (N-methyl/N-ethyl adjacent to an activating group) is 1. The maximum absolute atomic E-state index is 10.7. The zero-order chi connectivity index (χ0) is 16.4. The van der Waals surface area contributed by atoms with E-state index < -0.39 is 4.92 Å². The predicted molar refractivity (Wildman–Crippen MR) is 84.2 cm³/mol. The molecule has 3 rings (SSSR count). The molecule has 8 heteroatoms. The monoisotopic (exact) mass is 317 g/mol. The van der Waals surface area contributed by atoms with Gasteiger partial charge in [-0.2, -0.15) is 0 Å². The molecule has 1 aliphatic rings. The molecule has 23 heavy (non-hydrogen) atoms. The Hall–Kier alpha value is -2.48. The summed E-state index contributed by atoms with van der Waals surface area (Å²) in [4.78, 5) is 23.1. The first-order valence-corrected chi connectivity index (χ1v) is 7.49. The number of pyridine rings is 1. The Bertz CT molecular complexity index is 685. The van der Waals surface area contributed by atoms with E-state index in [1.165, 1.54) is 18.7 Å². The number of nitro groups is 1. The maximum atomic E-state index is 10.7. The molecule has 2 aromatic heterocycles. The molecule has 0 aliphatic carbocycles. The van der Waals surface area contributed by atoms with Crippen molar-refractivity contribution >= 4 is 11.5 Å². The first kappa shape index (κ1) is 15.4. The van der Waals surface area contributed by atoms with Gasteiger partial charge in [0, 0.05) is 31.7 Å². The lowest BCUT2D eigenvalue weighted by Crippen LogP contribution is -2.34. The van der Waals surface area contributed by atoms with Gasteiger partial charge in [0.05, 0.1) is 10.6 Å². The normalized spacial score (nSPS) is 17.9. The van der Waals surface area contributed by atoms with Crippen molar-refractivity contribution in [2.75, 3.05) is 25.0 Å². The van der Waals surface area contributed by atoms with Gasteiger partial charge in [-0.3, -0.25) is 15.0 Å². The zero-order valence-corrected chi connectivity index (χ0v) is 13.2. The van der Waals surface area contributed by atoms with E-state index in [1.54, 1.807) is 6.07 Å².